The molecule has 416 valence electrons. The van der Waals surface area contributed by atoms with Gasteiger partial charge in [0.1, 0.15) is 0 Å². The van der Waals surface area contributed by atoms with E-state index < -0.39 is 0 Å². The fourth-order valence-corrected chi connectivity index (χ4v) is 17.4. The summed E-state index contributed by atoms with van der Waals surface area (Å²) in [4.78, 5) is 11.7. The highest BCUT2D eigenvalue weighted by atomic mass is 32.2. The number of para-hydroxylation sites is 6. The van der Waals surface area contributed by atoms with Crippen molar-refractivity contribution in [1.82, 2.24) is 0 Å². The predicted octanol–water partition coefficient (Wildman–Crippen LogP) is 24.3. The van der Waals surface area contributed by atoms with Crippen LogP contribution in [0.1, 0.15) is 92.5 Å². The minimum Gasteiger partial charge on any atom is -0.311 e. The fraction of sp³-hybridized carbons (Fsp3) is 0.179. The first-order valence-electron chi connectivity index (χ1n) is 30.3. The number of benzene rings is 10. The lowest BCUT2D eigenvalue weighted by atomic mass is 9.84. The van der Waals surface area contributed by atoms with Crippen molar-refractivity contribution in [2.75, 3.05) is 14.7 Å². The number of nitrogens with zero attached hydrogens (tertiary/aromatic N) is 3. The van der Waals surface area contributed by atoms with Crippen molar-refractivity contribution in [2.45, 2.75) is 94.6 Å². The van der Waals surface area contributed by atoms with Gasteiger partial charge in [-0.05, 0) is 164 Å². The van der Waals surface area contributed by atoms with E-state index in [1.165, 1.54) is 75.5 Å². The van der Waals surface area contributed by atoms with Crippen LogP contribution in [0.25, 0.3) is 42.4 Å². The molecule has 0 bridgehead atoms. The Hall–Kier alpha value is -8.13. The zero-order chi connectivity index (χ0) is 56.8. The molecule has 2 aromatic heterocycles. The Kier molecular flexibility index (Phi) is 16.6. The maximum absolute atomic E-state index is 2.48. The quantitative estimate of drug-likeness (QED) is 0.0709. The van der Waals surface area contributed by atoms with Crippen LogP contribution in [0.15, 0.2) is 260 Å². The van der Waals surface area contributed by atoms with E-state index in [-0.39, 0.29) is 5.92 Å². The first-order valence-corrected chi connectivity index (χ1v) is 32.9. The summed E-state index contributed by atoms with van der Waals surface area (Å²) in [5.41, 5.74) is 18.8. The molecular formula is C78H71N3S3. The molecule has 10 aromatic carbocycles. The SMILES string of the molecule is CCCCc1sc2c(c3c(c4sc(CCCC)c(-c5ccc(N(c6ccccc6)c6ccccc6)cc5)c42)C(c2ccc(N(c4ccccc4)c4ccccc4)cc2)C(CCCC)S3)c1-c1ccc(N(c2ccccc2)c2ccccc2)cc1. The van der Waals surface area contributed by atoms with Crippen molar-refractivity contribution in [3.63, 3.8) is 0 Å². The molecule has 6 heteroatoms. The van der Waals surface area contributed by atoms with E-state index in [0.717, 1.165) is 96.1 Å². The predicted molar refractivity (Wildman–Crippen MR) is 367 cm³/mol. The van der Waals surface area contributed by atoms with E-state index in [4.69, 9.17) is 0 Å². The van der Waals surface area contributed by atoms with Crippen LogP contribution in [0.5, 0.6) is 0 Å². The second-order valence-electron chi connectivity index (χ2n) is 22.1. The average Bonchev–Trinajstić information content (AvgIpc) is 1.84. The number of thiophene rings is 2. The number of fused-ring (bicyclic) bond motifs is 6. The Morgan fingerprint density at radius 1 is 0.333 bits per heavy atom. The number of aryl methyl sites for hydroxylation is 2. The number of anilines is 9. The highest BCUT2D eigenvalue weighted by Crippen LogP contribution is 2.62. The van der Waals surface area contributed by atoms with Crippen molar-refractivity contribution in [3.05, 3.63) is 276 Å². The summed E-state index contributed by atoms with van der Waals surface area (Å²) >= 11 is 6.40. The molecule has 12 aromatic rings. The zero-order valence-corrected chi connectivity index (χ0v) is 50.8. The van der Waals surface area contributed by atoms with E-state index in [9.17, 15) is 0 Å². The first-order chi connectivity index (χ1) is 41.6. The van der Waals surface area contributed by atoms with Gasteiger partial charge in [-0.1, -0.05) is 192 Å². The smallest absolute Gasteiger partial charge is 0.0462 e. The summed E-state index contributed by atoms with van der Waals surface area (Å²) in [7, 11) is 0. The number of hydrogen-bond donors (Lipinski definition) is 0. The van der Waals surface area contributed by atoms with Crippen molar-refractivity contribution >= 4 is 106 Å². The molecule has 3 heterocycles. The lowest BCUT2D eigenvalue weighted by Crippen LogP contribution is -2.13. The van der Waals surface area contributed by atoms with Crippen LogP contribution in [0.2, 0.25) is 0 Å². The molecule has 84 heavy (non-hydrogen) atoms. The topological polar surface area (TPSA) is 9.72 Å². The molecule has 1 aliphatic heterocycles. The van der Waals surface area contributed by atoms with Gasteiger partial charge in [0, 0.05) is 108 Å². The molecule has 2 atom stereocenters. The summed E-state index contributed by atoms with van der Waals surface area (Å²) in [5, 5.41) is 3.30. The summed E-state index contributed by atoms with van der Waals surface area (Å²) in [6.07, 6.45) is 10.2. The largest absolute Gasteiger partial charge is 0.311 e. The molecule has 0 spiro atoms. The Bertz CT molecular complexity index is 3970. The van der Waals surface area contributed by atoms with Crippen LogP contribution in [-0.2, 0) is 12.8 Å². The van der Waals surface area contributed by atoms with E-state index in [2.05, 4.69) is 325 Å². The summed E-state index contributed by atoms with van der Waals surface area (Å²) in [6.45, 7) is 7.06. The summed E-state index contributed by atoms with van der Waals surface area (Å²) < 4.78 is 2.94. The summed E-state index contributed by atoms with van der Waals surface area (Å²) in [5.74, 6) is 0.206. The van der Waals surface area contributed by atoms with Gasteiger partial charge in [-0.3, -0.25) is 0 Å². The number of unbranched alkanes of at least 4 members (excludes halogenated alkanes) is 3. The molecule has 0 aliphatic carbocycles. The highest BCUT2D eigenvalue weighted by molar-refractivity contribution is 8.00. The monoisotopic (exact) mass is 1150 g/mol. The van der Waals surface area contributed by atoms with Gasteiger partial charge >= 0.3 is 0 Å². The van der Waals surface area contributed by atoms with Gasteiger partial charge in [0.2, 0.25) is 0 Å². The molecular weight excluding hydrogens is 1080 g/mol. The molecule has 0 amide bonds. The van der Waals surface area contributed by atoms with E-state index in [0.29, 0.717) is 5.25 Å². The summed E-state index contributed by atoms with van der Waals surface area (Å²) in [6, 6.07) is 93.8. The van der Waals surface area contributed by atoms with Gasteiger partial charge in [-0.25, -0.2) is 0 Å². The third kappa shape index (κ3) is 10.9. The van der Waals surface area contributed by atoms with Crippen LogP contribution >= 0.6 is 34.4 Å². The van der Waals surface area contributed by atoms with Gasteiger partial charge in [0.25, 0.3) is 0 Å². The Morgan fingerprint density at radius 2 is 0.655 bits per heavy atom. The standard InChI is InChI=1S/C78H71N3S3/c1-4-7-40-67-70(55-43-49-64(50-44-55)79(58-28-16-10-17-29-58)59-30-18-11-19-31-59)73-76(82-67)74-71(56-45-51-65(52-46-56)80(60-32-20-12-21-33-60)61-34-22-13-23-35-61)68(41-8-5-2)84-78(74)75-72(69(42-9-6-3)83-77(73)75)57-47-53-66(54-48-57)81(62-36-24-14-25-37-62)63-38-26-15-27-39-63/h10-39,43-54,67,70H,4-9,40-42H2,1-3H3. The van der Waals surface area contributed by atoms with Gasteiger partial charge < -0.3 is 14.7 Å². The second kappa shape index (κ2) is 25.4. The Balaban J connectivity index is 1.05. The Morgan fingerprint density at radius 3 is 1.01 bits per heavy atom. The molecule has 2 unspecified atom stereocenters. The molecule has 0 fully saturated rings. The van der Waals surface area contributed by atoms with Crippen molar-refractivity contribution < 1.29 is 0 Å². The lowest BCUT2D eigenvalue weighted by Gasteiger charge is -2.26. The van der Waals surface area contributed by atoms with Gasteiger partial charge in [-0.2, -0.15) is 0 Å². The minimum atomic E-state index is 0.206. The molecule has 0 saturated heterocycles. The second-order valence-corrected chi connectivity index (χ2v) is 25.6. The van der Waals surface area contributed by atoms with Crippen LogP contribution in [0.4, 0.5) is 51.2 Å². The average molecular weight is 1150 g/mol. The molecule has 0 N–H and O–H groups in total. The molecule has 1 aliphatic rings. The van der Waals surface area contributed by atoms with Crippen molar-refractivity contribution in [1.29, 1.82) is 0 Å². The first kappa shape index (κ1) is 55.1. The molecule has 13 rings (SSSR count). The minimum absolute atomic E-state index is 0.206. The maximum atomic E-state index is 2.48. The van der Waals surface area contributed by atoms with Crippen molar-refractivity contribution in [2.24, 2.45) is 0 Å². The highest BCUT2D eigenvalue weighted by Gasteiger charge is 2.40. The third-order valence-corrected chi connectivity index (χ3v) is 20.7. The third-order valence-electron chi connectivity index (χ3n) is 16.6. The van der Waals surface area contributed by atoms with E-state index >= 15 is 0 Å². The zero-order valence-electron chi connectivity index (χ0n) is 48.3. The fourth-order valence-electron chi connectivity index (χ4n) is 12.6. The number of rotatable bonds is 21. The van der Waals surface area contributed by atoms with Gasteiger partial charge in [0.15, 0.2) is 0 Å². The molecule has 3 nitrogen and oxygen atoms in total. The maximum Gasteiger partial charge on any atom is 0.0462 e. The van der Waals surface area contributed by atoms with E-state index in [1.54, 1.807) is 5.56 Å². The van der Waals surface area contributed by atoms with Gasteiger partial charge in [0.05, 0.1) is 0 Å². The van der Waals surface area contributed by atoms with Crippen LogP contribution in [0.3, 0.4) is 0 Å². The lowest BCUT2D eigenvalue weighted by molar-refractivity contribution is 0.644. The van der Waals surface area contributed by atoms with Gasteiger partial charge in [-0.15, -0.1) is 34.4 Å². The van der Waals surface area contributed by atoms with Crippen LogP contribution in [-0.4, -0.2) is 5.25 Å². The van der Waals surface area contributed by atoms with Crippen LogP contribution in [0, 0.1) is 0 Å². The normalized spacial score (nSPS) is 13.8. The number of hydrogen-bond acceptors (Lipinski definition) is 6. The van der Waals surface area contributed by atoms with Crippen molar-refractivity contribution in [3.8, 4) is 22.3 Å². The molecule has 0 saturated carbocycles. The number of thioether (sulfide) groups is 1. The van der Waals surface area contributed by atoms with Crippen LogP contribution < -0.4 is 14.7 Å². The molecule has 0 radical (unpaired) electrons. The Labute approximate surface area is 509 Å². The van der Waals surface area contributed by atoms with E-state index in [1.807, 2.05) is 0 Å².